The maximum Gasteiger partial charge on any atom is 0.225 e. The number of nitrogens with zero attached hydrogens (tertiary/aromatic N) is 2. The van der Waals surface area contributed by atoms with E-state index in [2.05, 4.69) is 6.07 Å². The van der Waals surface area contributed by atoms with Crippen molar-refractivity contribution in [1.82, 2.24) is 4.90 Å². The van der Waals surface area contributed by atoms with E-state index in [4.69, 9.17) is 10.00 Å². The zero-order valence-corrected chi connectivity index (χ0v) is 10.5. The Hall–Kier alpha value is -1.08. The van der Waals surface area contributed by atoms with Crippen LogP contribution in [0.1, 0.15) is 40.0 Å². The molecule has 4 heteroatoms. The second-order valence-electron chi connectivity index (χ2n) is 3.95. The zero-order chi connectivity index (χ0) is 12.4. The van der Waals surface area contributed by atoms with Crippen molar-refractivity contribution in [2.75, 3.05) is 19.8 Å². The fraction of sp³-hybridized carbons (Fsp3) is 0.833. The van der Waals surface area contributed by atoms with Gasteiger partial charge in [0.25, 0.3) is 0 Å². The van der Waals surface area contributed by atoms with Gasteiger partial charge < -0.3 is 9.64 Å². The molecule has 0 aromatic heterocycles. The minimum Gasteiger partial charge on any atom is -0.381 e. The molecule has 92 valence electrons. The van der Waals surface area contributed by atoms with Gasteiger partial charge in [-0.05, 0) is 20.3 Å². The van der Waals surface area contributed by atoms with Gasteiger partial charge in [-0.1, -0.05) is 6.92 Å². The smallest absolute Gasteiger partial charge is 0.225 e. The number of carbonyl (C=O) groups is 1. The summed E-state index contributed by atoms with van der Waals surface area (Å²) in [6, 6.07) is 2.20. The van der Waals surface area contributed by atoms with Crippen LogP contribution in [0.25, 0.3) is 0 Å². The van der Waals surface area contributed by atoms with E-state index in [0.29, 0.717) is 32.6 Å². The van der Waals surface area contributed by atoms with E-state index in [1.54, 1.807) is 4.90 Å². The number of amides is 1. The van der Waals surface area contributed by atoms with Crippen molar-refractivity contribution in [2.24, 2.45) is 0 Å². The van der Waals surface area contributed by atoms with Crippen LogP contribution in [-0.4, -0.2) is 36.6 Å². The van der Waals surface area contributed by atoms with Gasteiger partial charge in [-0.15, -0.1) is 0 Å². The topological polar surface area (TPSA) is 53.3 Å². The van der Waals surface area contributed by atoms with Gasteiger partial charge in [-0.25, -0.2) is 0 Å². The van der Waals surface area contributed by atoms with Crippen LogP contribution in [0, 0.1) is 11.3 Å². The molecule has 0 aliphatic heterocycles. The summed E-state index contributed by atoms with van der Waals surface area (Å²) in [5, 5.41) is 8.51. The number of ether oxygens (including phenoxy) is 1. The molecule has 0 rings (SSSR count). The zero-order valence-electron chi connectivity index (χ0n) is 10.5. The molecule has 0 aliphatic carbocycles. The number of rotatable bonds is 8. The summed E-state index contributed by atoms with van der Waals surface area (Å²) in [6.45, 7) is 7.65. The number of hydrogen-bond donors (Lipinski definition) is 0. The molecule has 0 aromatic carbocycles. The van der Waals surface area contributed by atoms with Crippen LogP contribution in [0.5, 0.6) is 0 Å². The Morgan fingerprint density at radius 1 is 1.44 bits per heavy atom. The average Bonchev–Trinajstić information content (AvgIpc) is 2.24. The Balaban J connectivity index is 3.93. The molecule has 16 heavy (non-hydrogen) atoms. The van der Waals surface area contributed by atoms with E-state index in [1.807, 2.05) is 20.8 Å². The molecular weight excluding hydrogens is 204 g/mol. The van der Waals surface area contributed by atoms with Gasteiger partial charge in [0.15, 0.2) is 0 Å². The van der Waals surface area contributed by atoms with Crippen molar-refractivity contribution in [2.45, 2.75) is 46.1 Å². The molecule has 0 aliphatic rings. The van der Waals surface area contributed by atoms with Crippen molar-refractivity contribution in [3.05, 3.63) is 0 Å². The lowest BCUT2D eigenvalue weighted by Crippen LogP contribution is -2.38. The SMILES string of the molecule is CCCOCCC(=O)N(CCC#N)C(C)C. The van der Waals surface area contributed by atoms with Crippen molar-refractivity contribution in [1.29, 1.82) is 5.26 Å². The first kappa shape index (κ1) is 14.9. The molecule has 0 N–H and O–H groups in total. The van der Waals surface area contributed by atoms with Gasteiger partial charge in [0.05, 0.1) is 25.5 Å². The maximum atomic E-state index is 11.8. The highest BCUT2D eigenvalue weighted by Gasteiger charge is 2.15. The van der Waals surface area contributed by atoms with Gasteiger partial charge in [0.1, 0.15) is 0 Å². The predicted molar refractivity (Wildman–Crippen MR) is 62.8 cm³/mol. The minimum absolute atomic E-state index is 0.0707. The summed E-state index contributed by atoms with van der Waals surface area (Å²) >= 11 is 0. The lowest BCUT2D eigenvalue weighted by atomic mass is 10.2. The van der Waals surface area contributed by atoms with Crippen LogP contribution in [0.2, 0.25) is 0 Å². The number of hydrogen-bond acceptors (Lipinski definition) is 3. The molecule has 0 unspecified atom stereocenters. The second-order valence-corrected chi connectivity index (χ2v) is 3.95. The van der Waals surface area contributed by atoms with E-state index < -0.39 is 0 Å². The van der Waals surface area contributed by atoms with Gasteiger partial charge in [0, 0.05) is 19.2 Å². The van der Waals surface area contributed by atoms with Crippen LogP contribution >= 0.6 is 0 Å². The highest BCUT2D eigenvalue weighted by Crippen LogP contribution is 2.03. The molecule has 0 saturated heterocycles. The molecular formula is C12H22N2O2. The summed E-state index contributed by atoms with van der Waals surface area (Å²) in [7, 11) is 0. The summed E-state index contributed by atoms with van der Waals surface area (Å²) < 4.78 is 5.28. The summed E-state index contributed by atoms with van der Waals surface area (Å²) in [6.07, 6.45) is 1.76. The molecule has 0 bridgehead atoms. The fourth-order valence-corrected chi connectivity index (χ4v) is 1.39. The van der Waals surface area contributed by atoms with Crippen LogP contribution in [-0.2, 0) is 9.53 Å². The molecule has 4 nitrogen and oxygen atoms in total. The molecule has 0 radical (unpaired) electrons. The molecule has 0 atom stereocenters. The van der Waals surface area contributed by atoms with Crippen LogP contribution in [0.3, 0.4) is 0 Å². The van der Waals surface area contributed by atoms with Crippen molar-refractivity contribution in [3.8, 4) is 6.07 Å². The van der Waals surface area contributed by atoms with Crippen LogP contribution in [0.4, 0.5) is 0 Å². The third kappa shape index (κ3) is 6.41. The summed E-state index contributed by atoms with van der Waals surface area (Å²) in [4.78, 5) is 13.5. The van der Waals surface area contributed by atoms with E-state index >= 15 is 0 Å². The quantitative estimate of drug-likeness (QED) is 0.594. The van der Waals surface area contributed by atoms with E-state index in [-0.39, 0.29) is 11.9 Å². The first-order chi connectivity index (χ1) is 7.63. The van der Waals surface area contributed by atoms with Crippen molar-refractivity contribution >= 4 is 5.91 Å². The van der Waals surface area contributed by atoms with Gasteiger partial charge >= 0.3 is 0 Å². The Morgan fingerprint density at radius 2 is 2.12 bits per heavy atom. The lowest BCUT2D eigenvalue weighted by Gasteiger charge is -2.25. The Kier molecular flexibility index (Phi) is 8.55. The first-order valence-electron chi connectivity index (χ1n) is 5.87. The van der Waals surface area contributed by atoms with Crippen LogP contribution in [0.15, 0.2) is 0 Å². The van der Waals surface area contributed by atoms with E-state index in [0.717, 1.165) is 6.42 Å². The first-order valence-corrected chi connectivity index (χ1v) is 5.87. The monoisotopic (exact) mass is 226 g/mol. The van der Waals surface area contributed by atoms with Gasteiger partial charge in [0.2, 0.25) is 5.91 Å². The number of nitriles is 1. The van der Waals surface area contributed by atoms with Gasteiger partial charge in [-0.3, -0.25) is 4.79 Å². The molecule has 0 saturated carbocycles. The van der Waals surface area contributed by atoms with Crippen molar-refractivity contribution in [3.63, 3.8) is 0 Å². The number of carbonyl (C=O) groups excluding carboxylic acids is 1. The summed E-state index contributed by atoms with van der Waals surface area (Å²) in [5.74, 6) is 0.0707. The predicted octanol–water partition coefficient (Wildman–Crippen LogP) is 1.95. The van der Waals surface area contributed by atoms with E-state index in [9.17, 15) is 4.79 Å². The Bertz CT molecular complexity index is 234. The van der Waals surface area contributed by atoms with Crippen LogP contribution < -0.4 is 0 Å². The molecule has 0 heterocycles. The minimum atomic E-state index is 0.0707. The molecule has 1 amide bonds. The van der Waals surface area contributed by atoms with E-state index in [1.165, 1.54) is 0 Å². The highest BCUT2D eigenvalue weighted by atomic mass is 16.5. The van der Waals surface area contributed by atoms with Gasteiger partial charge in [-0.2, -0.15) is 5.26 Å². The second kappa shape index (κ2) is 9.17. The maximum absolute atomic E-state index is 11.8. The molecule has 0 aromatic rings. The normalized spacial score (nSPS) is 10.2. The fourth-order valence-electron chi connectivity index (χ4n) is 1.39. The Morgan fingerprint density at radius 3 is 2.62 bits per heavy atom. The summed E-state index contributed by atoms with van der Waals surface area (Å²) in [5.41, 5.74) is 0. The average molecular weight is 226 g/mol. The molecule has 0 spiro atoms. The highest BCUT2D eigenvalue weighted by molar-refractivity contribution is 5.76. The Labute approximate surface area is 98.2 Å². The van der Waals surface area contributed by atoms with Crippen molar-refractivity contribution < 1.29 is 9.53 Å². The molecule has 0 fully saturated rings. The third-order valence-electron chi connectivity index (χ3n) is 2.22. The third-order valence-corrected chi connectivity index (χ3v) is 2.22. The standard InChI is InChI=1S/C12H22N2O2/c1-4-9-16-10-6-12(15)14(11(2)3)8-5-7-13/h11H,4-6,8-10H2,1-3H3. The lowest BCUT2D eigenvalue weighted by molar-refractivity contribution is -0.133. The largest absolute Gasteiger partial charge is 0.381 e.